The summed E-state index contributed by atoms with van der Waals surface area (Å²) < 4.78 is 28.3. The molecule has 20 heavy (non-hydrogen) atoms. The molecule has 0 atom stereocenters. The van der Waals surface area contributed by atoms with Gasteiger partial charge < -0.3 is 0 Å². The normalized spacial score (nSPS) is 11.4. The van der Waals surface area contributed by atoms with Gasteiger partial charge in [-0.3, -0.25) is 0 Å². The van der Waals surface area contributed by atoms with E-state index in [2.05, 4.69) is 46.5 Å². The molecule has 0 radical (unpaired) electrons. The lowest BCUT2D eigenvalue weighted by Crippen LogP contribution is -2.16. The lowest BCUT2D eigenvalue weighted by Gasteiger charge is -2.09. The van der Waals surface area contributed by atoms with Crippen molar-refractivity contribution < 1.29 is 8.42 Å². The molecule has 0 aliphatic heterocycles. The van der Waals surface area contributed by atoms with Crippen molar-refractivity contribution in [2.24, 2.45) is 0 Å². The van der Waals surface area contributed by atoms with E-state index in [1.54, 1.807) is 32.0 Å². The molecule has 0 aliphatic carbocycles. The number of nitrogens with zero attached hydrogens (tertiary/aromatic N) is 2. The van der Waals surface area contributed by atoms with E-state index in [9.17, 15) is 8.42 Å². The third-order valence-electron chi connectivity index (χ3n) is 2.39. The fourth-order valence-electron chi connectivity index (χ4n) is 1.64. The Balaban J connectivity index is 2.40. The highest BCUT2D eigenvalue weighted by Crippen LogP contribution is 2.26. The van der Waals surface area contributed by atoms with Gasteiger partial charge in [-0.2, -0.15) is 0 Å². The molecule has 0 saturated carbocycles. The Morgan fingerprint density at radius 2 is 1.65 bits per heavy atom. The largest absolute Gasteiger partial charge is 0.265 e. The Bertz CT molecular complexity index is 743. The van der Waals surface area contributed by atoms with Crippen LogP contribution in [0.15, 0.2) is 38.1 Å². The number of sulfonamides is 1. The summed E-state index contributed by atoms with van der Waals surface area (Å²) in [6, 6.07) is 6.59. The number of nitrogens with one attached hydrogen (secondary N) is 1. The van der Waals surface area contributed by atoms with E-state index in [0.717, 1.165) is 4.47 Å². The van der Waals surface area contributed by atoms with Crippen molar-refractivity contribution in [3.63, 3.8) is 0 Å². The van der Waals surface area contributed by atoms with E-state index in [1.165, 1.54) is 6.07 Å². The number of hydrogen-bond donors (Lipinski definition) is 1. The van der Waals surface area contributed by atoms with Gasteiger partial charge in [0.25, 0.3) is 10.0 Å². The lowest BCUT2D eigenvalue weighted by atomic mass is 10.4. The molecule has 0 fully saturated rings. The van der Waals surface area contributed by atoms with Crippen LogP contribution in [0.25, 0.3) is 0 Å². The predicted molar refractivity (Wildman–Crippen MR) is 84.2 cm³/mol. The second-order valence-electron chi connectivity index (χ2n) is 4.15. The van der Waals surface area contributed by atoms with Crippen molar-refractivity contribution in [3.8, 4) is 0 Å². The fourth-order valence-corrected chi connectivity index (χ4v) is 4.33. The predicted octanol–water partition coefficient (Wildman–Crippen LogP) is 3.42. The van der Waals surface area contributed by atoms with Crippen LogP contribution < -0.4 is 4.72 Å². The van der Waals surface area contributed by atoms with Crippen LogP contribution in [0.3, 0.4) is 0 Å². The molecule has 1 aromatic carbocycles. The second-order valence-corrected chi connectivity index (χ2v) is 7.58. The van der Waals surface area contributed by atoms with Crippen molar-refractivity contribution in [2.45, 2.75) is 18.7 Å². The maximum absolute atomic E-state index is 12.3. The van der Waals surface area contributed by atoms with Crippen LogP contribution in [-0.4, -0.2) is 18.4 Å². The molecule has 1 heterocycles. The third kappa shape index (κ3) is 3.56. The summed E-state index contributed by atoms with van der Waals surface area (Å²) in [5.74, 6) is 0.0670. The first-order chi connectivity index (χ1) is 9.28. The summed E-state index contributed by atoms with van der Waals surface area (Å²) in [5.41, 5.74) is 1.40. The number of hydrogen-bond acceptors (Lipinski definition) is 4. The molecule has 1 aromatic heterocycles. The van der Waals surface area contributed by atoms with E-state index in [4.69, 9.17) is 0 Å². The lowest BCUT2D eigenvalue weighted by molar-refractivity contribution is 0.600. The van der Waals surface area contributed by atoms with Crippen molar-refractivity contribution in [2.75, 3.05) is 4.72 Å². The van der Waals surface area contributed by atoms with Gasteiger partial charge in [-0.25, -0.2) is 23.1 Å². The van der Waals surface area contributed by atoms with Gasteiger partial charge in [0.05, 0.1) is 0 Å². The molecule has 2 aromatic rings. The Hall–Kier alpha value is -0.990. The summed E-state index contributed by atoms with van der Waals surface area (Å²) in [6.07, 6.45) is 0. The standard InChI is InChI=1S/C12H11Br2N3O2S/c1-7-5-8(2)16-12(15-7)17-20(18,19)11-4-3-9(13)6-10(11)14/h3-6H,1-2H3,(H,15,16,17). The van der Waals surface area contributed by atoms with Gasteiger partial charge in [-0.15, -0.1) is 0 Å². The number of aryl methyl sites for hydroxylation is 2. The monoisotopic (exact) mass is 419 g/mol. The van der Waals surface area contributed by atoms with Crippen molar-refractivity contribution in [1.82, 2.24) is 9.97 Å². The molecular formula is C12H11Br2N3O2S. The highest BCUT2D eigenvalue weighted by molar-refractivity contribution is 9.11. The van der Waals surface area contributed by atoms with Gasteiger partial charge in [0.15, 0.2) is 0 Å². The van der Waals surface area contributed by atoms with Crippen LogP contribution in [0, 0.1) is 13.8 Å². The van der Waals surface area contributed by atoms with E-state index < -0.39 is 10.0 Å². The summed E-state index contributed by atoms with van der Waals surface area (Å²) in [7, 11) is -3.74. The zero-order valence-electron chi connectivity index (χ0n) is 10.7. The molecular weight excluding hydrogens is 410 g/mol. The van der Waals surface area contributed by atoms with Gasteiger partial charge in [-0.05, 0) is 54.0 Å². The molecule has 0 amide bonds. The topological polar surface area (TPSA) is 72.0 Å². The average Bonchev–Trinajstić information content (AvgIpc) is 2.25. The number of rotatable bonds is 3. The third-order valence-corrected chi connectivity index (χ3v) is 5.19. The highest BCUT2D eigenvalue weighted by Gasteiger charge is 2.19. The summed E-state index contributed by atoms with van der Waals surface area (Å²) in [5, 5.41) is 0. The molecule has 0 spiro atoms. The molecule has 2 rings (SSSR count). The Morgan fingerprint density at radius 3 is 2.20 bits per heavy atom. The minimum atomic E-state index is -3.74. The van der Waals surface area contributed by atoms with Crippen LogP contribution in [0.1, 0.15) is 11.4 Å². The maximum Gasteiger partial charge on any atom is 0.265 e. The molecule has 0 saturated heterocycles. The minimum absolute atomic E-state index is 0.0670. The number of aromatic nitrogens is 2. The Morgan fingerprint density at radius 1 is 1.05 bits per heavy atom. The van der Waals surface area contributed by atoms with Gasteiger partial charge in [0.1, 0.15) is 4.90 Å². The first-order valence-corrected chi connectivity index (χ1v) is 8.65. The van der Waals surface area contributed by atoms with Crippen LogP contribution in [0.5, 0.6) is 0 Å². The van der Waals surface area contributed by atoms with Crippen LogP contribution >= 0.6 is 31.9 Å². The highest BCUT2D eigenvalue weighted by atomic mass is 79.9. The average molecular weight is 421 g/mol. The second kappa shape index (κ2) is 5.79. The molecule has 1 N–H and O–H groups in total. The fraction of sp³-hybridized carbons (Fsp3) is 0.167. The Labute approximate surface area is 134 Å². The van der Waals surface area contributed by atoms with E-state index in [1.807, 2.05) is 0 Å². The van der Waals surface area contributed by atoms with Gasteiger partial charge in [0, 0.05) is 20.3 Å². The van der Waals surface area contributed by atoms with Crippen LogP contribution in [0.4, 0.5) is 5.95 Å². The van der Waals surface area contributed by atoms with E-state index in [0.29, 0.717) is 15.9 Å². The zero-order valence-corrected chi connectivity index (χ0v) is 14.7. The molecule has 106 valence electrons. The molecule has 0 bridgehead atoms. The molecule has 5 nitrogen and oxygen atoms in total. The summed E-state index contributed by atoms with van der Waals surface area (Å²) >= 11 is 6.51. The van der Waals surface area contributed by atoms with Gasteiger partial charge in [-0.1, -0.05) is 15.9 Å². The Kier molecular flexibility index (Phi) is 4.46. The first-order valence-electron chi connectivity index (χ1n) is 5.58. The molecule has 0 aliphatic rings. The van der Waals surface area contributed by atoms with E-state index in [-0.39, 0.29) is 10.8 Å². The minimum Gasteiger partial charge on any atom is -0.247 e. The zero-order chi connectivity index (χ0) is 14.9. The molecule has 8 heteroatoms. The maximum atomic E-state index is 12.3. The van der Waals surface area contributed by atoms with Crippen molar-refractivity contribution >= 4 is 47.8 Å². The summed E-state index contributed by atoms with van der Waals surface area (Å²) in [6.45, 7) is 3.56. The van der Waals surface area contributed by atoms with E-state index >= 15 is 0 Å². The van der Waals surface area contributed by atoms with Crippen LogP contribution in [-0.2, 0) is 10.0 Å². The SMILES string of the molecule is Cc1cc(C)nc(NS(=O)(=O)c2ccc(Br)cc2Br)n1. The quantitative estimate of drug-likeness (QED) is 0.825. The smallest absolute Gasteiger partial charge is 0.247 e. The van der Waals surface area contributed by atoms with Crippen LogP contribution in [0.2, 0.25) is 0 Å². The molecule has 0 unspecified atom stereocenters. The van der Waals surface area contributed by atoms with Crippen molar-refractivity contribution in [1.29, 1.82) is 0 Å². The van der Waals surface area contributed by atoms with Gasteiger partial charge in [0.2, 0.25) is 5.95 Å². The van der Waals surface area contributed by atoms with Crippen molar-refractivity contribution in [3.05, 3.63) is 44.6 Å². The number of halogens is 2. The summed E-state index contributed by atoms with van der Waals surface area (Å²) in [4.78, 5) is 8.26. The number of benzene rings is 1. The van der Waals surface area contributed by atoms with Gasteiger partial charge >= 0.3 is 0 Å². The number of anilines is 1. The first kappa shape index (κ1) is 15.4.